The van der Waals surface area contributed by atoms with Gasteiger partial charge in [-0.3, -0.25) is 9.59 Å². The smallest absolute Gasteiger partial charge is 0.326 e. The average molecular weight is 474 g/mol. The van der Waals surface area contributed by atoms with Gasteiger partial charge in [0.2, 0.25) is 11.9 Å². The van der Waals surface area contributed by atoms with E-state index in [2.05, 4.69) is 36.8 Å². The number of terminal acetylenes is 1. The number of rotatable bonds is 9. The van der Waals surface area contributed by atoms with Crippen molar-refractivity contribution in [2.24, 2.45) is 10.2 Å². The number of carbonyl (C=O) groups excluding carboxylic acids is 2. The van der Waals surface area contributed by atoms with Crippen molar-refractivity contribution in [3.63, 3.8) is 0 Å². The number of aromatic nitrogens is 2. The van der Waals surface area contributed by atoms with Crippen molar-refractivity contribution < 1.29 is 19.5 Å². The van der Waals surface area contributed by atoms with Crippen LogP contribution in [0.4, 0.5) is 23.1 Å². The summed E-state index contributed by atoms with van der Waals surface area (Å²) in [4.78, 5) is 43.6. The zero-order valence-electron chi connectivity index (χ0n) is 18.4. The number of nitrogens with one attached hydrogen (secondary N) is 2. The van der Waals surface area contributed by atoms with Crippen molar-refractivity contribution in [2.75, 3.05) is 18.0 Å². The first-order valence-corrected chi connectivity index (χ1v) is 10.3. The molecule has 1 heterocycles. The van der Waals surface area contributed by atoms with Gasteiger partial charge in [-0.2, -0.15) is 15.2 Å². The molecule has 2 aromatic carbocycles. The average Bonchev–Trinajstić information content (AvgIpc) is 2.84. The molecule has 0 unspecified atom stereocenters. The Bertz CT molecular complexity index is 1330. The molecule has 0 saturated carbocycles. The predicted octanol–water partition coefficient (Wildman–Crippen LogP) is 1.92. The standard InChI is InChI=1S/C23H22N8O4/c1-2-11-26-19(32)10-9-18(22(34)35)27-21(33)13-3-5-14(6-4-13)30-31-15-7-8-17-16(12-15)20(24)29-23(25)28-17/h1,3-8,12,18H,9-11H2,(H,26,32)(H,27,33)(H,34,35)(H4,24,25,28,29)/t18-/m0/s1. The number of carbonyl (C=O) groups is 3. The summed E-state index contributed by atoms with van der Waals surface area (Å²) in [5.74, 6) is 0.303. The fraction of sp³-hybridized carbons (Fsp3) is 0.174. The highest BCUT2D eigenvalue weighted by atomic mass is 16.4. The summed E-state index contributed by atoms with van der Waals surface area (Å²) in [5, 5.41) is 23.1. The first-order chi connectivity index (χ1) is 16.8. The van der Waals surface area contributed by atoms with Crippen LogP contribution in [0.2, 0.25) is 0 Å². The maximum absolute atomic E-state index is 12.5. The molecule has 35 heavy (non-hydrogen) atoms. The number of nitrogens with zero attached hydrogens (tertiary/aromatic N) is 4. The molecular weight excluding hydrogens is 452 g/mol. The Labute approximate surface area is 199 Å². The summed E-state index contributed by atoms with van der Waals surface area (Å²) in [6.45, 7) is 0.0467. The lowest BCUT2D eigenvalue weighted by molar-refractivity contribution is -0.139. The zero-order valence-corrected chi connectivity index (χ0v) is 18.4. The number of hydrogen-bond acceptors (Lipinski definition) is 9. The molecule has 12 nitrogen and oxygen atoms in total. The summed E-state index contributed by atoms with van der Waals surface area (Å²) < 4.78 is 0. The minimum atomic E-state index is -1.25. The number of carboxylic acids is 1. The monoisotopic (exact) mass is 474 g/mol. The Morgan fingerprint density at radius 2 is 1.74 bits per heavy atom. The Kier molecular flexibility index (Phi) is 7.86. The number of nitrogens with two attached hydrogens (primary N) is 2. The minimum Gasteiger partial charge on any atom is -0.480 e. The number of anilines is 2. The number of amides is 2. The largest absolute Gasteiger partial charge is 0.480 e. The zero-order chi connectivity index (χ0) is 25.4. The van der Waals surface area contributed by atoms with Gasteiger partial charge in [-0.05, 0) is 48.9 Å². The van der Waals surface area contributed by atoms with Gasteiger partial charge in [-0.25, -0.2) is 9.78 Å². The number of benzene rings is 2. The van der Waals surface area contributed by atoms with E-state index in [-0.39, 0.29) is 36.7 Å². The molecule has 0 bridgehead atoms. The number of azo groups is 1. The van der Waals surface area contributed by atoms with Gasteiger partial charge in [0.1, 0.15) is 11.9 Å². The first kappa shape index (κ1) is 24.6. The Morgan fingerprint density at radius 3 is 2.43 bits per heavy atom. The van der Waals surface area contributed by atoms with E-state index in [1.54, 1.807) is 30.3 Å². The third kappa shape index (κ3) is 6.72. The first-order valence-electron chi connectivity index (χ1n) is 10.3. The highest BCUT2D eigenvalue weighted by molar-refractivity contribution is 5.97. The topological polar surface area (TPSA) is 198 Å². The van der Waals surface area contributed by atoms with E-state index in [0.29, 0.717) is 22.3 Å². The Morgan fingerprint density at radius 1 is 1.06 bits per heavy atom. The number of carboxylic acid groups (broad SMARTS) is 1. The molecule has 0 radical (unpaired) electrons. The lowest BCUT2D eigenvalue weighted by Crippen LogP contribution is -2.41. The summed E-state index contributed by atoms with van der Waals surface area (Å²) in [5.41, 5.74) is 13.2. The van der Waals surface area contributed by atoms with E-state index in [9.17, 15) is 19.5 Å². The summed E-state index contributed by atoms with van der Waals surface area (Å²) >= 11 is 0. The second kappa shape index (κ2) is 11.2. The van der Waals surface area contributed by atoms with Crippen molar-refractivity contribution in [3.05, 3.63) is 48.0 Å². The van der Waals surface area contributed by atoms with Crippen LogP contribution in [0.3, 0.4) is 0 Å². The molecule has 3 aromatic rings. The van der Waals surface area contributed by atoms with Gasteiger partial charge in [0, 0.05) is 17.4 Å². The van der Waals surface area contributed by atoms with Gasteiger partial charge in [0.05, 0.1) is 23.4 Å². The molecule has 0 aliphatic heterocycles. The fourth-order valence-electron chi connectivity index (χ4n) is 3.03. The second-order valence-corrected chi connectivity index (χ2v) is 7.30. The van der Waals surface area contributed by atoms with Crippen LogP contribution >= 0.6 is 0 Å². The normalized spacial score (nSPS) is 11.6. The molecule has 7 N–H and O–H groups in total. The lowest BCUT2D eigenvalue weighted by Gasteiger charge is -2.14. The SMILES string of the molecule is C#CCNC(=O)CC[C@H](NC(=O)c1ccc(N=Nc2ccc3nc(N)nc(N)c3c2)cc1)C(=O)O. The summed E-state index contributed by atoms with van der Waals surface area (Å²) in [7, 11) is 0. The second-order valence-electron chi connectivity index (χ2n) is 7.30. The van der Waals surface area contributed by atoms with Crippen LogP contribution in [0.15, 0.2) is 52.7 Å². The maximum atomic E-state index is 12.5. The van der Waals surface area contributed by atoms with Crippen molar-refractivity contribution in [2.45, 2.75) is 18.9 Å². The molecule has 0 aliphatic rings. The van der Waals surface area contributed by atoms with E-state index in [1.165, 1.54) is 12.1 Å². The third-order valence-electron chi connectivity index (χ3n) is 4.79. The van der Waals surface area contributed by atoms with Gasteiger partial charge in [0.25, 0.3) is 5.91 Å². The highest BCUT2D eigenvalue weighted by Crippen LogP contribution is 2.26. The van der Waals surface area contributed by atoms with Crippen molar-refractivity contribution in [1.82, 2.24) is 20.6 Å². The molecule has 0 spiro atoms. The number of fused-ring (bicyclic) bond motifs is 1. The van der Waals surface area contributed by atoms with Crippen molar-refractivity contribution in [1.29, 1.82) is 0 Å². The predicted molar refractivity (Wildman–Crippen MR) is 129 cm³/mol. The van der Waals surface area contributed by atoms with Gasteiger partial charge < -0.3 is 27.2 Å². The van der Waals surface area contributed by atoms with Crippen LogP contribution in [0, 0.1) is 12.3 Å². The molecule has 3 rings (SSSR count). The van der Waals surface area contributed by atoms with Crippen LogP contribution in [0.25, 0.3) is 10.9 Å². The third-order valence-corrected chi connectivity index (χ3v) is 4.79. The number of hydrogen-bond donors (Lipinski definition) is 5. The van der Waals surface area contributed by atoms with Crippen LogP contribution in [0.5, 0.6) is 0 Å². The van der Waals surface area contributed by atoms with E-state index < -0.39 is 23.8 Å². The summed E-state index contributed by atoms with van der Waals surface area (Å²) in [6, 6.07) is 9.91. The van der Waals surface area contributed by atoms with E-state index in [0.717, 1.165) is 0 Å². The molecule has 0 fully saturated rings. The van der Waals surface area contributed by atoms with Crippen molar-refractivity contribution >= 4 is 51.8 Å². The van der Waals surface area contributed by atoms with Crippen LogP contribution in [-0.2, 0) is 9.59 Å². The van der Waals surface area contributed by atoms with Gasteiger partial charge in [0.15, 0.2) is 0 Å². The highest BCUT2D eigenvalue weighted by Gasteiger charge is 2.21. The molecular formula is C23H22N8O4. The Balaban J connectivity index is 1.63. The molecule has 1 atom stereocenters. The molecule has 2 amide bonds. The molecule has 0 aliphatic carbocycles. The van der Waals surface area contributed by atoms with Crippen LogP contribution in [0.1, 0.15) is 23.2 Å². The van der Waals surface area contributed by atoms with Gasteiger partial charge in [-0.1, -0.05) is 5.92 Å². The fourth-order valence-corrected chi connectivity index (χ4v) is 3.03. The van der Waals surface area contributed by atoms with Gasteiger partial charge in [-0.15, -0.1) is 6.42 Å². The van der Waals surface area contributed by atoms with Crippen LogP contribution in [-0.4, -0.2) is 45.4 Å². The number of aliphatic carboxylic acids is 1. The van der Waals surface area contributed by atoms with Gasteiger partial charge >= 0.3 is 5.97 Å². The van der Waals surface area contributed by atoms with E-state index in [4.69, 9.17) is 17.9 Å². The molecule has 1 aromatic heterocycles. The molecule has 178 valence electrons. The molecule has 12 heteroatoms. The minimum absolute atomic E-state index is 0.0467. The quantitative estimate of drug-likeness (QED) is 0.229. The van der Waals surface area contributed by atoms with Crippen LogP contribution < -0.4 is 22.1 Å². The maximum Gasteiger partial charge on any atom is 0.326 e. The summed E-state index contributed by atoms with van der Waals surface area (Å²) in [6.07, 6.45) is 4.87. The lowest BCUT2D eigenvalue weighted by atomic mass is 10.1. The van der Waals surface area contributed by atoms with E-state index in [1.807, 2.05) is 0 Å². The van der Waals surface area contributed by atoms with E-state index >= 15 is 0 Å². The number of nitrogen functional groups attached to an aromatic ring is 2. The molecule has 0 saturated heterocycles. The van der Waals surface area contributed by atoms with Crippen molar-refractivity contribution in [3.8, 4) is 12.3 Å². The Hall–Kier alpha value is -5.05.